The smallest absolute Gasteiger partial charge is 0.129 e. The predicted molar refractivity (Wildman–Crippen MR) is 80.7 cm³/mol. The maximum Gasteiger partial charge on any atom is 0.129 e. The third-order valence-corrected chi connectivity index (χ3v) is 3.90. The third kappa shape index (κ3) is 3.44. The Hall–Kier alpha value is -1.26. The van der Waals surface area contributed by atoms with Gasteiger partial charge in [0, 0.05) is 16.6 Å². The molecule has 0 aliphatic carbocycles. The van der Waals surface area contributed by atoms with Crippen molar-refractivity contribution in [3.63, 3.8) is 0 Å². The van der Waals surface area contributed by atoms with E-state index in [1.165, 1.54) is 12.1 Å². The standard InChI is InChI=1S/C16H16BrF2N/c1-10-3-5-12(17)8-14(10)16(20-2)7-11-4-6-13(18)9-15(11)19/h3-6,8-9,16,20H,7H2,1-2H3. The van der Waals surface area contributed by atoms with Crippen LogP contribution in [0.25, 0.3) is 0 Å². The van der Waals surface area contributed by atoms with Gasteiger partial charge in [-0.1, -0.05) is 28.1 Å². The number of aryl methyl sites for hydroxylation is 1. The van der Waals surface area contributed by atoms with Crippen LogP contribution in [-0.2, 0) is 6.42 Å². The summed E-state index contributed by atoms with van der Waals surface area (Å²) in [6.07, 6.45) is 0.472. The third-order valence-electron chi connectivity index (χ3n) is 3.40. The number of nitrogens with one attached hydrogen (secondary N) is 1. The first kappa shape index (κ1) is 15.1. The molecule has 1 unspecified atom stereocenters. The van der Waals surface area contributed by atoms with Gasteiger partial charge in [-0.3, -0.25) is 0 Å². The van der Waals surface area contributed by atoms with Gasteiger partial charge >= 0.3 is 0 Å². The molecule has 1 atom stereocenters. The number of halogens is 3. The second-order valence-electron chi connectivity index (χ2n) is 4.78. The first-order chi connectivity index (χ1) is 9.51. The van der Waals surface area contributed by atoms with E-state index < -0.39 is 11.6 Å². The average Bonchev–Trinajstić information content (AvgIpc) is 2.41. The van der Waals surface area contributed by atoms with Crippen LogP contribution in [0.5, 0.6) is 0 Å². The van der Waals surface area contributed by atoms with Crippen molar-refractivity contribution in [2.45, 2.75) is 19.4 Å². The molecule has 0 amide bonds. The summed E-state index contributed by atoms with van der Waals surface area (Å²) in [5.41, 5.74) is 2.74. The van der Waals surface area contributed by atoms with E-state index in [1.54, 1.807) is 0 Å². The molecule has 2 aromatic rings. The van der Waals surface area contributed by atoms with Crippen LogP contribution in [0, 0.1) is 18.6 Å². The minimum absolute atomic E-state index is 0.0209. The fourth-order valence-electron chi connectivity index (χ4n) is 2.26. The molecule has 0 radical (unpaired) electrons. The van der Waals surface area contributed by atoms with Gasteiger partial charge in [0.1, 0.15) is 11.6 Å². The molecule has 0 bridgehead atoms. The molecule has 1 nitrogen and oxygen atoms in total. The molecule has 0 saturated carbocycles. The first-order valence-electron chi connectivity index (χ1n) is 6.38. The molecule has 106 valence electrons. The Bertz CT molecular complexity index is 613. The molecule has 20 heavy (non-hydrogen) atoms. The highest BCUT2D eigenvalue weighted by atomic mass is 79.9. The molecule has 0 aliphatic rings. The molecule has 0 fully saturated rings. The molecule has 0 aromatic heterocycles. The lowest BCUT2D eigenvalue weighted by Gasteiger charge is -2.19. The van der Waals surface area contributed by atoms with Crippen molar-refractivity contribution in [2.24, 2.45) is 0 Å². The lowest BCUT2D eigenvalue weighted by Crippen LogP contribution is -2.20. The van der Waals surface area contributed by atoms with Crippen LogP contribution in [0.3, 0.4) is 0 Å². The molecule has 1 N–H and O–H groups in total. The Morgan fingerprint density at radius 2 is 1.90 bits per heavy atom. The zero-order valence-corrected chi connectivity index (χ0v) is 13.0. The number of hydrogen-bond donors (Lipinski definition) is 1. The van der Waals surface area contributed by atoms with E-state index in [2.05, 4.69) is 21.2 Å². The van der Waals surface area contributed by atoms with Gasteiger partial charge in [0.25, 0.3) is 0 Å². The summed E-state index contributed by atoms with van der Waals surface area (Å²) >= 11 is 3.45. The van der Waals surface area contributed by atoms with E-state index in [1.807, 2.05) is 32.2 Å². The molecule has 0 aliphatic heterocycles. The van der Waals surface area contributed by atoms with Gasteiger partial charge in [0.05, 0.1) is 0 Å². The zero-order chi connectivity index (χ0) is 14.7. The topological polar surface area (TPSA) is 12.0 Å². The second kappa shape index (κ2) is 6.46. The van der Waals surface area contributed by atoms with Crippen molar-refractivity contribution in [2.75, 3.05) is 7.05 Å². The molecule has 2 rings (SSSR count). The second-order valence-corrected chi connectivity index (χ2v) is 5.70. The van der Waals surface area contributed by atoms with E-state index in [-0.39, 0.29) is 6.04 Å². The minimum Gasteiger partial charge on any atom is -0.313 e. The molecule has 0 heterocycles. The van der Waals surface area contributed by atoms with Crippen LogP contribution >= 0.6 is 15.9 Å². The van der Waals surface area contributed by atoms with Gasteiger partial charge in [-0.05, 0) is 55.3 Å². The summed E-state index contributed by atoms with van der Waals surface area (Å²) in [7, 11) is 1.84. The molecular formula is C16H16BrF2N. The van der Waals surface area contributed by atoms with Crippen molar-refractivity contribution < 1.29 is 8.78 Å². The number of rotatable bonds is 4. The summed E-state index contributed by atoms with van der Waals surface area (Å²) in [5.74, 6) is -1.05. The molecule has 4 heteroatoms. The van der Waals surface area contributed by atoms with Gasteiger partial charge in [0.2, 0.25) is 0 Å². The van der Waals surface area contributed by atoms with Gasteiger partial charge < -0.3 is 5.32 Å². The van der Waals surface area contributed by atoms with Crippen LogP contribution in [0.4, 0.5) is 8.78 Å². The monoisotopic (exact) mass is 339 g/mol. The minimum atomic E-state index is -0.550. The Kier molecular flexibility index (Phi) is 4.89. The maximum absolute atomic E-state index is 13.8. The Morgan fingerprint density at radius 3 is 2.55 bits per heavy atom. The molecule has 2 aromatic carbocycles. The van der Waals surface area contributed by atoms with Crippen LogP contribution in [0.15, 0.2) is 40.9 Å². The first-order valence-corrected chi connectivity index (χ1v) is 7.18. The van der Waals surface area contributed by atoms with Crippen LogP contribution in [0.2, 0.25) is 0 Å². The van der Waals surface area contributed by atoms with Crippen molar-refractivity contribution in [1.29, 1.82) is 0 Å². The maximum atomic E-state index is 13.8. The van der Waals surface area contributed by atoms with Gasteiger partial charge in [-0.15, -0.1) is 0 Å². The number of hydrogen-bond acceptors (Lipinski definition) is 1. The van der Waals surface area contributed by atoms with E-state index >= 15 is 0 Å². The van der Waals surface area contributed by atoms with Crippen molar-refractivity contribution in [1.82, 2.24) is 5.32 Å². The van der Waals surface area contributed by atoms with Crippen LogP contribution in [0.1, 0.15) is 22.7 Å². The van der Waals surface area contributed by atoms with E-state index in [0.717, 1.165) is 21.7 Å². The zero-order valence-electron chi connectivity index (χ0n) is 11.4. The fourth-order valence-corrected chi connectivity index (χ4v) is 2.64. The van der Waals surface area contributed by atoms with Crippen molar-refractivity contribution in [3.05, 3.63) is 69.2 Å². The molecule has 0 saturated heterocycles. The Balaban J connectivity index is 2.31. The quantitative estimate of drug-likeness (QED) is 0.862. The lowest BCUT2D eigenvalue weighted by molar-refractivity contribution is 0.539. The highest BCUT2D eigenvalue weighted by Crippen LogP contribution is 2.26. The van der Waals surface area contributed by atoms with Crippen molar-refractivity contribution in [3.8, 4) is 0 Å². The van der Waals surface area contributed by atoms with Gasteiger partial charge in [0.15, 0.2) is 0 Å². The summed E-state index contributed by atoms with van der Waals surface area (Å²) in [6.45, 7) is 2.02. The SMILES string of the molecule is CNC(Cc1ccc(F)cc1F)c1cc(Br)ccc1C. The molecule has 0 spiro atoms. The predicted octanol–water partition coefficient (Wildman–Crippen LogP) is 4.54. The van der Waals surface area contributed by atoms with E-state index in [9.17, 15) is 8.78 Å². The summed E-state index contributed by atoms with van der Waals surface area (Å²) in [5, 5.41) is 3.20. The largest absolute Gasteiger partial charge is 0.313 e. The number of benzene rings is 2. The van der Waals surface area contributed by atoms with Gasteiger partial charge in [-0.25, -0.2) is 8.78 Å². The summed E-state index contributed by atoms with van der Waals surface area (Å²) < 4.78 is 27.7. The van der Waals surface area contributed by atoms with Crippen molar-refractivity contribution >= 4 is 15.9 Å². The Labute approximate surface area is 126 Å². The summed E-state index contributed by atoms with van der Waals surface area (Å²) in [6, 6.07) is 9.72. The fraction of sp³-hybridized carbons (Fsp3) is 0.250. The number of likely N-dealkylation sites (N-methyl/N-ethyl adjacent to an activating group) is 1. The average molecular weight is 340 g/mol. The lowest BCUT2D eigenvalue weighted by atomic mass is 9.95. The van der Waals surface area contributed by atoms with Gasteiger partial charge in [-0.2, -0.15) is 0 Å². The molecular weight excluding hydrogens is 324 g/mol. The summed E-state index contributed by atoms with van der Waals surface area (Å²) in [4.78, 5) is 0. The van der Waals surface area contributed by atoms with E-state index in [0.29, 0.717) is 12.0 Å². The Morgan fingerprint density at radius 1 is 1.15 bits per heavy atom. The normalized spacial score (nSPS) is 12.4. The van der Waals surface area contributed by atoms with Crippen LogP contribution in [-0.4, -0.2) is 7.05 Å². The van der Waals surface area contributed by atoms with E-state index in [4.69, 9.17) is 0 Å². The highest BCUT2D eigenvalue weighted by molar-refractivity contribution is 9.10. The van der Waals surface area contributed by atoms with Crippen LogP contribution < -0.4 is 5.32 Å². The highest BCUT2D eigenvalue weighted by Gasteiger charge is 2.15.